The van der Waals surface area contributed by atoms with Crippen LogP contribution in [0.15, 0.2) is 24.4 Å². The predicted octanol–water partition coefficient (Wildman–Crippen LogP) is 4.06. The number of ether oxygens (including phenoxy) is 1. The van der Waals surface area contributed by atoms with Crippen molar-refractivity contribution in [2.24, 2.45) is 0 Å². The van der Waals surface area contributed by atoms with Crippen molar-refractivity contribution in [1.82, 2.24) is 4.98 Å². The van der Waals surface area contributed by atoms with Gasteiger partial charge in [0, 0.05) is 6.20 Å². The van der Waals surface area contributed by atoms with Crippen molar-refractivity contribution in [3.05, 3.63) is 24.4 Å². The zero-order valence-corrected chi connectivity index (χ0v) is 11.7. The lowest BCUT2D eigenvalue weighted by molar-refractivity contribution is -0.472. The van der Waals surface area contributed by atoms with Crippen LogP contribution >= 0.6 is 0 Å². The number of amides is 1. The second kappa shape index (κ2) is 6.51. The maximum Gasteiger partial charge on any atom is 0.462 e. The van der Waals surface area contributed by atoms with Gasteiger partial charge < -0.3 is 5.32 Å². The Balaban J connectivity index is 3.27. The van der Waals surface area contributed by atoms with E-state index in [2.05, 4.69) is 9.72 Å². The highest BCUT2D eigenvalue weighted by Crippen LogP contribution is 2.51. The van der Waals surface area contributed by atoms with E-state index in [1.165, 1.54) is 0 Å². The Morgan fingerprint density at radius 1 is 0.885 bits per heavy atom. The average Bonchev–Trinajstić information content (AvgIpc) is 2.45. The Kier molecular flexibility index (Phi) is 5.48. The summed E-state index contributed by atoms with van der Waals surface area (Å²) in [6.45, 7) is 0. The highest BCUT2D eigenvalue weighted by Gasteiger charge is 2.79. The molecule has 148 valence electrons. The van der Waals surface area contributed by atoms with E-state index in [1.54, 1.807) is 0 Å². The fraction of sp³-hybridized carbons (Fsp3) is 0.455. The van der Waals surface area contributed by atoms with Crippen LogP contribution in [0, 0.1) is 0 Å². The third-order valence-electron chi connectivity index (χ3n) is 2.55. The van der Waals surface area contributed by atoms with Crippen LogP contribution in [0.3, 0.4) is 0 Å². The van der Waals surface area contributed by atoms with E-state index in [-0.39, 0.29) is 0 Å². The summed E-state index contributed by atoms with van der Waals surface area (Å²) in [5.74, 6) is -17.5. The number of hydrogen-bond donors (Lipinski definition) is 1. The van der Waals surface area contributed by atoms with Crippen molar-refractivity contribution in [1.29, 1.82) is 0 Å². The van der Waals surface area contributed by atoms with E-state index in [9.17, 15) is 53.1 Å². The van der Waals surface area contributed by atoms with Crippen LogP contribution in [0.4, 0.5) is 54.1 Å². The average molecular weight is 406 g/mol. The van der Waals surface area contributed by atoms with Crippen molar-refractivity contribution >= 4 is 11.7 Å². The van der Waals surface area contributed by atoms with E-state index in [0.717, 1.165) is 29.7 Å². The summed E-state index contributed by atoms with van der Waals surface area (Å²) in [5, 5.41) is 0.972. The van der Waals surface area contributed by atoms with Crippen molar-refractivity contribution in [3.63, 3.8) is 0 Å². The standard InChI is InChI=1S/C11H5F11N2O2/c12-7(9(15,16)17,6(25)24-5-3-1-2-4-23-5)26-11(21,22)8(13,14)10(18,19)20/h1-4H,(H,23,24,25)/t7-/m0/s1. The quantitative estimate of drug-likeness (QED) is 0.751. The molecule has 1 heterocycles. The number of rotatable bonds is 5. The number of pyridine rings is 1. The summed E-state index contributed by atoms with van der Waals surface area (Å²) in [5.41, 5.74) is 0. The number of anilines is 1. The molecule has 0 spiro atoms. The highest BCUT2D eigenvalue weighted by atomic mass is 19.4. The predicted molar refractivity (Wildman–Crippen MR) is 59.8 cm³/mol. The van der Waals surface area contributed by atoms with Gasteiger partial charge in [0.1, 0.15) is 5.82 Å². The van der Waals surface area contributed by atoms with Crippen LogP contribution in [0.5, 0.6) is 0 Å². The summed E-state index contributed by atoms with van der Waals surface area (Å²) in [6, 6.07) is 2.93. The largest absolute Gasteiger partial charge is 0.462 e. The number of carbonyl (C=O) groups is 1. The molecule has 1 amide bonds. The molecule has 0 aromatic carbocycles. The molecule has 1 rings (SSSR count). The van der Waals surface area contributed by atoms with Gasteiger partial charge in [0.2, 0.25) is 0 Å². The number of nitrogens with zero attached hydrogens (tertiary/aromatic N) is 1. The minimum atomic E-state index is -7.24. The van der Waals surface area contributed by atoms with Gasteiger partial charge in [-0.3, -0.25) is 9.53 Å². The summed E-state index contributed by atoms with van der Waals surface area (Å²) in [7, 11) is 0. The highest BCUT2D eigenvalue weighted by molar-refractivity contribution is 5.96. The Morgan fingerprint density at radius 2 is 1.42 bits per heavy atom. The molecule has 1 atom stereocenters. The summed E-state index contributed by atoms with van der Waals surface area (Å²) in [6.07, 6.45) is -20.1. The van der Waals surface area contributed by atoms with Gasteiger partial charge in [-0.2, -0.15) is 48.3 Å². The zero-order valence-electron chi connectivity index (χ0n) is 11.7. The van der Waals surface area contributed by atoms with Crippen molar-refractivity contribution in [2.45, 2.75) is 30.2 Å². The topological polar surface area (TPSA) is 51.2 Å². The lowest BCUT2D eigenvalue weighted by Gasteiger charge is -2.33. The van der Waals surface area contributed by atoms with Crippen LogP contribution in [-0.2, 0) is 9.53 Å². The van der Waals surface area contributed by atoms with Gasteiger partial charge in [-0.15, -0.1) is 0 Å². The zero-order chi connectivity index (χ0) is 20.6. The van der Waals surface area contributed by atoms with Crippen LogP contribution in [0.25, 0.3) is 0 Å². The number of alkyl halides is 11. The second-order valence-electron chi connectivity index (χ2n) is 4.45. The van der Waals surface area contributed by atoms with E-state index >= 15 is 0 Å². The van der Waals surface area contributed by atoms with Gasteiger partial charge in [0.05, 0.1) is 0 Å². The number of carbonyl (C=O) groups excluding carboxylic acids is 1. The first kappa shape index (κ1) is 21.9. The van der Waals surface area contributed by atoms with Gasteiger partial charge in [0.25, 0.3) is 0 Å². The molecule has 26 heavy (non-hydrogen) atoms. The van der Waals surface area contributed by atoms with E-state index in [0.29, 0.717) is 0 Å². The fourth-order valence-corrected chi connectivity index (χ4v) is 1.27. The number of halogens is 11. The molecule has 15 heteroatoms. The third kappa shape index (κ3) is 3.96. The molecule has 1 N–H and O–H groups in total. The fourth-order valence-electron chi connectivity index (χ4n) is 1.27. The molecule has 0 radical (unpaired) electrons. The van der Waals surface area contributed by atoms with Gasteiger partial charge in [-0.1, -0.05) is 6.07 Å². The number of nitrogens with one attached hydrogen (secondary N) is 1. The Labute approximate surface area is 135 Å². The Morgan fingerprint density at radius 3 is 1.81 bits per heavy atom. The summed E-state index contributed by atoms with van der Waals surface area (Å²) >= 11 is 0. The molecule has 0 aliphatic heterocycles. The van der Waals surface area contributed by atoms with E-state index in [1.807, 2.05) is 0 Å². The maximum atomic E-state index is 13.8. The monoisotopic (exact) mass is 406 g/mol. The van der Waals surface area contributed by atoms with Crippen LogP contribution in [0.2, 0.25) is 0 Å². The van der Waals surface area contributed by atoms with Crippen molar-refractivity contribution in [2.75, 3.05) is 5.32 Å². The second-order valence-corrected chi connectivity index (χ2v) is 4.45. The van der Waals surface area contributed by atoms with E-state index < -0.39 is 42.0 Å². The number of hydrogen-bond acceptors (Lipinski definition) is 3. The van der Waals surface area contributed by atoms with Gasteiger partial charge >= 0.3 is 36.1 Å². The van der Waals surface area contributed by atoms with Crippen molar-refractivity contribution < 1.29 is 57.8 Å². The minimum Gasteiger partial charge on any atom is -0.305 e. The van der Waals surface area contributed by atoms with Crippen LogP contribution < -0.4 is 5.32 Å². The lowest BCUT2D eigenvalue weighted by Crippen LogP contribution is -2.62. The molecule has 0 bridgehead atoms. The van der Waals surface area contributed by atoms with Gasteiger partial charge in [0.15, 0.2) is 0 Å². The molecule has 0 unspecified atom stereocenters. The molecular weight excluding hydrogens is 401 g/mol. The van der Waals surface area contributed by atoms with E-state index in [4.69, 9.17) is 0 Å². The Hall–Kier alpha value is -2.19. The van der Waals surface area contributed by atoms with Gasteiger partial charge in [-0.25, -0.2) is 4.98 Å². The first-order valence-electron chi connectivity index (χ1n) is 5.96. The molecule has 1 aromatic heterocycles. The summed E-state index contributed by atoms with van der Waals surface area (Å²) in [4.78, 5) is 14.5. The SMILES string of the molecule is O=C(Nc1ccccn1)[C@](F)(OC(F)(F)C(F)(F)C(F)(F)F)C(F)(F)F. The van der Waals surface area contributed by atoms with Gasteiger partial charge in [-0.05, 0) is 12.1 Å². The van der Waals surface area contributed by atoms with Crippen LogP contribution in [0.1, 0.15) is 0 Å². The summed E-state index contributed by atoms with van der Waals surface area (Å²) < 4.78 is 141. The lowest BCUT2D eigenvalue weighted by atomic mass is 10.2. The Bertz CT molecular complexity index is 644. The molecule has 4 nitrogen and oxygen atoms in total. The molecular formula is C11H5F11N2O2. The first-order chi connectivity index (χ1) is 11.5. The minimum absolute atomic E-state index is 0.733. The van der Waals surface area contributed by atoms with Crippen molar-refractivity contribution in [3.8, 4) is 0 Å². The molecule has 1 aromatic rings. The molecule has 0 aliphatic carbocycles. The molecule has 0 saturated carbocycles. The normalized spacial score (nSPS) is 16.1. The third-order valence-corrected chi connectivity index (χ3v) is 2.55. The maximum absolute atomic E-state index is 13.8. The molecule has 0 fully saturated rings. The van der Waals surface area contributed by atoms with Crippen LogP contribution in [-0.4, -0.2) is 41.1 Å². The smallest absolute Gasteiger partial charge is 0.305 e. The first-order valence-corrected chi connectivity index (χ1v) is 5.96. The molecule has 0 saturated heterocycles. The number of aromatic nitrogens is 1. The molecule has 0 aliphatic rings.